The lowest BCUT2D eigenvalue weighted by Crippen LogP contribution is -2.46. The van der Waals surface area contributed by atoms with E-state index in [0.29, 0.717) is 28.1 Å². The van der Waals surface area contributed by atoms with Gasteiger partial charge in [-0.2, -0.15) is 0 Å². The summed E-state index contributed by atoms with van der Waals surface area (Å²) in [7, 11) is 1.59. The van der Waals surface area contributed by atoms with Gasteiger partial charge >= 0.3 is 12.0 Å². The van der Waals surface area contributed by atoms with E-state index in [9.17, 15) is 14.4 Å². The van der Waals surface area contributed by atoms with Gasteiger partial charge in [-0.1, -0.05) is 42.5 Å². The van der Waals surface area contributed by atoms with Crippen LogP contribution in [0.15, 0.2) is 65.9 Å². The van der Waals surface area contributed by atoms with Crippen LogP contribution in [0.2, 0.25) is 0 Å². The molecule has 0 saturated carbocycles. The Bertz CT molecular complexity index is 1050. The molecular weight excluding hydrogens is 430 g/mol. The second-order valence-electron chi connectivity index (χ2n) is 7.78. The van der Waals surface area contributed by atoms with E-state index in [2.05, 4.69) is 10.6 Å². The number of allylic oxidation sites excluding steroid dienone is 1. The van der Waals surface area contributed by atoms with Crippen LogP contribution in [0.3, 0.4) is 0 Å². The predicted octanol–water partition coefficient (Wildman–Crippen LogP) is 4.53. The van der Waals surface area contributed by atoms with Crippen LogP contribution in [0, 0.1) is 0 Å². The van der Waals surface area contributed by atoms with Crippen molar-refractivity contribution in [2.24, 2.45) is 0 Å². The molecule has 0 fully saturated rings. The Morgan fingerprint density at radius 3 is 2.47 bits per heavy atom. The highest BCUT2D eigenvalue weighted by molar-refractivity contribution is 6.32. The van der Waals surface area contributed by atoms with Gasteiger partial charge < -0.3 is 20.3 Å². The smallest absolute Gasteiger partial charge is 0.338 e. The Morgan fingerprint density at radius 2 is 1.81 bits per heavy atom. The van der Waals surface area contributed by atoms with Crippen molar-refractivity contribution in [1.29, 1.82) is 0 Å². The summed E-state index contributed by atoms with van der Waals surface area (Å²) in [6, 6.07) is 14.9. The molecule has 0 bridgehead atoms. The van der Waals surface area contributed by atoms with E-state index in [4.69, 9.17) is 16.3 Å². The number of nitrogens with zero attached hydrogens (tertiary/aromatic N) is 1. The number of alkyl halides is 1. The molecule has 0 aliphatic carbocycles. The molecule has 8 heteroatoms. The Labute approximate surface area is 192 Å². The van der Waals surface area contributed by atoms with Gasteiger partial charge in [-0.05, 0) is 44.0 Å². The third kappa shape index (κ3) is 5.11. The van der Waals surface area contributed by atoms with Crippen molar-refractivity contribution >= 4 is 35.2 Å². The van der Waals surface area contributed by atoms with Gasteiger partial charge in [0.15, 0.2) is 0 Å². The van der Waals surface area contributed by atoms with Crippen LogP contribution < -0.4 is 10.6 Å². The van der Waals surface area contributed by atoms with E-state index in [1.807, 2.05) is 18.2 Å². The van der Waals surface area contributed by atoms with Gasteiger partial charge in [0.05, 0.1) is 17.7 Å². The first-order valence-corrected chi connectivity index (χ1v) is 10.7. The van der Waals surface area contributed by atoms with Gasteiger partial charge in [0.2, 0.25) is 5.91 Å². The zero-order valence-corrected chi connectivity index (χ0v) is 19.1. The van der Waals surface area contributed by atoms with E-state index >= 15 is 0 Å². The highest BCUT2D eigenvalue weighted by atomic mass is 35.5. The van der Waals surface area contributed by atoms with Crippen LogP contribution in [0.1, 0.15) is 43.3 Å². The fourth-order valence-electron chi connectivity index (χ4n) is 3.40. The number of anilines is 1. The monoisotopic (exact) mass is 455 g/mol. The fraction of sp³-hybridized carbons (Fsp3) is 0.292. The number of carbonyl (C=O) groups is 3. The summed E-state index contributed by atoms with van der Waals surface area (Å²) in [5.41, 5.74) is 2.65. The molecule has 3 rings (SSSR count). The molecule has 32 heavy (non-hydrogen) atoms. The number of rotatable bonds is 6. The number of urea groups is 1. The van der Waals surface area contributed by atoms with E-state index < -0.39 is 17.4 Å². The molecule has 0 saturated heterocycles. The third-order valence-electron chi connectivity index (χ3n) is 5.13. The number of ether oxygens (including phenoxy) is 1. The molecule has 0 unspecified atom stereocenters. The highest BCUT2D eigenvalue weighted by Gasteiger charge is 2.35. The van der Waals surface area contributed by atoms with E-state index in [0.717, 1.165) is 0 Å². The molecule has 2 atom stereocenters. The van der Waals surface area contributed by atoms with Crippen LogP contribution in [0.4, 0.5) is 10.5 Å². The standard InChI is InChI=1S/C24H26ClN3O4/c1-14(2)32-23(30)19-15(3)28(4)24(31)27-21(19)17-11-8-12-18(13-17)26-22(29)20(25)16-9-6-5-7-10-16/h5-14,20-21H,1-4H3,(H,26,29)(H,27,31)/t20-,21-/m0/s1. The molecular formula is C24H26ClN3O4. The van der Waals surface area contributed by atoms with Crippen LogP contribution in [-0.2, 0) is 14.3 Å². The van der Waals surface area contributed by atoms with Crippen molar-refractivity contribution in [1.82, 2.24) is 10.2 Å². The van der Waals surface area contributed by atoms with Gasteiger partial charge in [-0.25, -0.2) is 9.59 Å². The number of nitrogens with one attached hydrogen (secondary N) is 2. The average Bonchev–Trinajstić information content (AvgIpc) is 2.76. The Balaban J connectivity index is 1.89. The summed E-state index contributed by atoms with van der Waals surface area (Å²) in [6.45, 7) is 5.23. The van der Waals surface area contributed by atoms with Crippen molar-refractivity contribution in [2.45, 2.75) is 38.3 Å². The number of carbonyl (C=O) groups excluding carboxylic acids is 3. The second-order valence-corrected chi connectivity index (χ2v) is 8.22. The molecule has 1 aliphatic heterocycles. The van der Waals surface area contributed by atoms with Gasteiger partial charge in [0.1, 0.15) is 5.38 Å². The zero-order chi connectivity index (χ0) is 23.4. The van der Waals surface area contributed by atoms with Crippen molar-refractivity contribution in [3.8, 4) is 0 Å². The van der Waals surface area contributed by atoms with Gasteiger partial charge in [0.25, 0.3) is 0 Å². The number of hydrogen-bond donors (Lipinski definition) is 2. The molecule has 2 aromatic carbocycles. The average molecular weight is 456 g/mol. The van der Waals surface area contributed by atoms with Crippen LogP contribution in [-0.4, -0.2) is 36.0 Å². The number of esters is 1. The first-order valence-electron chi connectivity index (χ1n) is 10.2. The van der Waals surface area contributed by atoms with Crippen LogP contribution in [0.25, 0.3) is 0 Å². The van der Waals surface area contributed by atoms with Crippen molar-refractivity contribution < 1.29 is 19.1 Å². The van der Waals surface area contributed by atoms with Gasteiger partial charge in [-0.15, -0.1) is 11.6 Å². The first-order chi connectivity index (χ1) is 15.2. The second kappa shape index (κ2) is 9.87. The maximum Gasteiger partial charge on any atom is 0.338 e. The summed E-state index contributed by atoms with van der Waals surface area (Å²) in [4.78, 5) is 39.3. The predicted molar refractivity (Wildman–Crippen MR) is 123 cm³/mol. The Hall–Kier alpha value is -3.32. The van der Waals surface area contributed by atoms with Crippen LogP contribution >= 0.6 is 11.6 Å². The Morgan fingerprint density at radius 1 is 1.12 bits per heavy atom. The van der Waals surface area contributed by atoms with E-state index in [1.165, 1.54) is 4.90 Å². The molecule has 1 heterocycles. The van der Waals surface area contributed by atoms with E-state index in [1.54, 1.807) is 64.2 Å². The molecule has 0 radical (unpaired) electrons. The highest BCUT2D eigenvalue weighted by Crippen LogP contribution is 2.32. The molecule has 1 aliphatic rings. The number of amides is 3. The maximum absolute atomic E-state index is 12.8. The Kier molecular flexibility index (Phi) is 7.20. The van der Waals surface area contributed by atoms with Crippen molar-refractivity contribution in [2.75, 3.05) is 12.4 Å². The third-order valence-corrected chi connectivity index (χ3v) is 5.58. The molecule has 3 amide bonds. The molecule has 2 aromatic rings. The molecule has 0 aromatic heterocycles. The van der Waals surface area contributed by atoms with Crippen molar-refractivity contribution in [3.63, 3.8) is 0 Å². The van der Waals surface area contributed by atoms with E-state index in [-0.39, 0.29) is 18.0 Å². The number of halogens is 1. The fourth-order valence-corrected chi connectivity index (χ4v) is 3.60. The summed E-state index contributed by atoms with van der Waals surface area (Å²) in [6.07, 6.45) is -0.310. The molecule has 2 N–H and O–H groups in total. The first kappa shape index (κ1) is 23.3. The largest absolute Gasteiger partial charge is 0.459 e. The quantitative estimate of drug-likeness (QED) is 0.495. The zero-order valence-electron chi connectivity index (χ0n) is 18.4. The summed E-state index contributed by atoms with van der Waals surface area (Å²) >= 11 is 6.32. The lowest BCUT2D eigenvalue weighted by atomic mass is 9.94. The minimum absolute atomic E-state index is 0.310. The molecule has 168 valence electrons. The topological polar surface area (TPSA) is 87.7 Å². The maximum atomic E-state index is 12.8. The summed E-state index contributed by atoms with van der Waals surface area (Å²) < 4.78 is 5.41. The van der Waals surface area contributed by atoms with Crippen molar-refractivity contribution in [3.05, 3.63) is 77.0 Å². The lowest BCUT2D eigenvalue weighted by Gasteiger charge is -2.33. The number of benzene rings is 2. The minimum atomic E-state index is -0.860. The molecule has 7 nitrogen and oxygen atoms in total. The minimum Gasteiger partial charge on any atom is -0.459 e. The summed E-state index contributed by atoms with van der Waals surface area (Å²) in [5.74, 6) is -0.887. The molecule has 0 spiro atoms. The van der Waals surface area contributed by atoms with Gasteiger partial charge in [0, 0.05) is 18.4 Å². The number of hydrogen-bond acceptors (Lipinski definition) is 4. The lowest BCUT2D eigenvalue weighted by molar-refractivity contribution is -0.143. The normalized spacial score (nSPS) is 17.1. The SMILES string of the molecule is CC1=C(C(=O)OC(C)C)[C@H](c2cccc(NC(=O)[C@@H](Cl)c3ccccc3)c2)NC(=O)N1C. The summed E-state index contributed by atoms with van der Waals surface area (Å²) in [5, 5.41) is 4.78. The van der Waals surface area contributed by atoms with Gasteiger partial charge in [-0.3, -0.25) is 4.79 Å². The van der Waals surface area contributed by atoms with Crippen LogP contribution in [0.5, 0.6) is 0 Å².